The minimum atomic E-state index is 0.982. The molecule has 1 N–H and O–H groups in total. The Morgan fingerprint density at radius 2 is 1.36 bits per heavy atom. The number of anilines is 1. The Hall–Kier alpha value is -3.07. The minimum Gasteiger partial charge on any atom is -0.293 e. The van der Waals surface area contributed by atoms with E-state index in [0.717, 1.165) is 16.7 Å². The molecule has 0 spiro atoms. The van der Waals surface area contributed by atoms with Crippen molar-refractivity contribution in [2.75, 3.05) is 5.43 Å². The van der Waals surface area contributed by atoms with Crippen molar-refractivity contribution in [1.29, 1.82) is 0 Å². The topological polar surface area (TPSA) is 29.9 Å². The zero-order chi connectivity index (χ0) is 14.8. The van der Waals surface area contributed by atoms with E-state index in [1.54, 1.807) is 6.33 Å². The summed E-state index contributed by atoms with van der Waals surface area (Å²) >= 11 is 0. The number of rotatable bonds is 3. The minimum absolute atomic E-state index is 0.982. The van der Waals surface area contributed by atoms with Gasteiger partial charge < -0.3 is 0 Å². The molecule has 3 aromatic carbocycles. The zero-order valence-corrected chi connectivity index (χ0v) is 12.0. The molecule has 3 nitrogen and oxygen atoms in total. The lowest BCUT2D eigenvalue weighted by Crippen LogP contribution is -2.06. The number of benzene rings is 3. The lowest BCUT2D eigenvalue weighted by molar-refractivity contribution is 0.989. The van der Waals surface area contributed by atoms with Gasteiger partial charge >= 0.3 is 0 Å². The number of hydrogen-bond acceptors (Lipinski definition) is 2. The van der Waals surface area contributed by atoms with E-state index in [9.17, 15) is 0 Å². The van der Waals surface area contributed by atoms with E-state index in [4.69, 9.17) is 0 Å². The molecule has 1 aromatic heterocycles. The van der Waals surface area contributed by atoms with Gasteiger partial charge in [-0.2, -0.15) is 0 Å². The molecule has 0 amide bonds. The van der Waals surface area contributed by atoms with Crippen LogP contribution in [0.25, 0.3) is 22.2 Å². The molecule has 0 aliphatic heterocycles. The van der Waals surface area contributed by atoms with Crippen molar-refractivity contribution in [3.63, 3.8) is 0 Å². The highest BCUT2D eigenvalue weighted by Crippen LogP contribution is 2.21. The molecular weight excluding hydrogens is 270 g/mol. The number of para-hydroxylation sites is 2. The van der Waals surface area contributed by atoms with Crippen LogP contribution in [0.2, 0.25) is 0 Å². The molecule has 0 fully saturated rings. The molecule has 1 heterocycles. The Kier molecular flexibility index (Phi) is 3.09. The SMILES string of the molecule is c1ccc(-c2ccc(Nn3cnc4ccccc43)cc2)cc1. The summed E-state index contributed by atoms with van der Waals surface area (Å²) < 4.78 is 1.94. The van der Waals surface area contributed by atoms with Gasteiger partial charge in [-0.05, 0) is 35.4 Å². The molecule has 106 valence electrons. The predicted octanol–water partition coefficient (Wildman–Crippen LogP) is 4.58. The Morgan fingerprint density at radius 1 is 0.682 bits per heavy atom. The third-order valence-corrected chi connectivity index (χ3v) is 3.70. The number of fused-ring (bicyclic) bond motifs is 1. The summed E-state index contributed by atoms with van der Waals surface area (Å²) in [6, 6.07) is 26.8. The summed E-state index contributed by atoms with van der Waals surface area (Å²) in [6.07, 6.45) is 1.80. The highest BCUT2D eigenvalue weighted by molar-refractivity contribution is 5.76. The van der Waals surface area contributed by atoms with Gasteiger partial charge in [0.25, 0.3) is 0 Å². The molecule has 0 saturated heterocycles. The van der Waals surface area contributed by atoms with E-state index in [1.165, 1.54) is 11.1 Å². The third-order valence-electron chi connectivity index (χ3n) is 3.70. The summed E-state index contributed by atoms with van der Waals surface area (Å²) in [4.78, 5) is 4.38. The Bertz CT molecular complexity index is 893. The lowest BCUT2D eigenvalue weighted by Gasteiger charge is -2.09. The lowest BCUT2D eigenvalue weighted by atomic mass is 10.1. The highest BCUT2D eigenvalue weighted by Gasteiger charge is 2.02. The number of imidazole rings is 1. The molecule has 0 aliphatic carbocycles. The number of hydrogen-bond donors (Lipinski definition) is 1. The van der Waals surface area contributed by atoms with Crippen molar-refractivity contribution >= 4 is 16.7 Å². The quantitative estimate of drug-likeness (QED) is 0.597. The summed E-state index contributed by atoms with van der Waals surface area (Å²) in [5.41, 5.74) is 8.87. The van der Waals surface area contributed by atoms with Crippen LogP contribution in [0.5, 0.6) is 0 Å². The second kappa shape index (κ2) is 5.37. The Labute approximate surface area is 128 Å². The van der Waals surface area contributed by atoms with E-state index in [-0.39, 0.29) is 0 Å². The molecule has 4 aromatic rings. The third kappa shape index (κ3) is 2.33. The number of nitrogens with one attached hydrogen (secondary N) is 1. The molecule has 0 saturated carbocycles. The smallest absolute Gasteiger partial charge is 0.116 e. The maximum Gasteiger partial charge on any atom is 0.116 e. The van der Waals surface area contributed by atoms with Gasteiger partial charge in [-0.1, -0.05) is 54.6 Å². The van der Waals surface area contributed by atoms with Gasteiger partial charge in [0.05, 0.1) is 16.7 Å². The van der Waals surface area contributed by atoms with Crippen molar-refractivity contribution in [1.82, 2.24) is 9.66 Å². The summed E-state index contributed by atoms with van der Waals surface area (Å²) in [5.74, 6) is 0. The van der Waals surface area contributed by atoms with E-state index in [0.29, 0.717) is 0 Å². The Morgan fingerprint density at radius 3 is 2.18 bits per heavy atom. The first-order chi connectivity index (χ1) is 10.9. The molecule has 0 bridgehead atoms. The van der Waals surface area contributed by atoms with Crippen LogP contribution in [0, 0.1) is 0 Å². The van der Waals surface area contributed by atoms with Crippen molar-refractivity contribution in [3.05, 3.63) is 85.2 Å². The van der Waals surface area contributed by atoms with E-state index in [2.05, 4.69) is 58.9 Å². The highest BCUT2D eigenvalue weighted by atomic mass is 15.4. The predicted molar refractivity (Wildman–Crippen MR) is 90.6 cm³/mol. The molecule has 4 rings (SSSR count). The van der Waals surface area contributed by atoms with Crippen molar-refractivity contribution in [2.45, 2.75) is 0 Å². The van der Waals surface area contributed by atoms with Gasteiger partial charge in [0, 0.05) is 0 Å². The first kappa shape index (κ1) is 12.7. The molecule has 3 heteroatoms. The number of nitrogens with zero attached hydrogens (tertiary/aromatic N) is 2. The zero-order valence-electron chi connectivity index (χ0n) is 12.0. The summed E-state index contributed by atoms with van der Waals surface area (Å²) in [5, 5.41) is 0. The summed E-state index contributed by atoms with van der Waals surface area (Å²) in [6.45, 7) is 0. The van der Waals surface area contributed by atoms with E-state index < -0.39 is 0 Å². The second-order valence-corrected chi connectivity index (χ2v) is 5.16. The van der Waals surface area contributed by atoms with Crippen LogP contribution >= 0.6 is 0 Å². The summed E-state index contributed by atoms with van der Waals surface area (Å²) in [7, 11) is 0. The van der Waals surface area contributed by atoms with Crippen LogP contribution in [0.1, 0.15) is 0 Å². The van der Waals surface area contributed by atoms with Crippen LogP contribution in [0.15, 0.2) is 85.2 Å². The average molecular weight is 285 g/mol. The van der Waals surface area contributed by atoms with Crippen LogP contribution < -0.4 is 5.43 Å². The monoisotopic (exact) mass is 285 g/mol. The van der Waals surface area contributed by atoms with Gasteiger partial charge in [0.15, 0.2) is 0 Å². The van der Waals surface area contributed by atoms with E-state index >= 15 is 0 Å². The van der Waals surface area contributed by atoms with Gasteiger partial charge in [0.1, 0.15) is 6.33 Å². The standard InChI is InChI=1S/C19H15N3/c1-2-6-15(7-3-1)16-10-12-17(13-11-16)21-22-14-20-18-8-4-5-9-19(18)22/h1-14,21H. The van der Waals surface area contributed by atoms with Crippen molar-refractivity contribution < 1.29 is 0 Å². The first-order valence-electron chi connectivity index (χ1n) is 7.25. The molecule has 22 heavy (non-hydrogen) atoms. The second-order valence-electron chi connectivity index (χ2n) is 5.16. The van der Waals surface area contributed by atoms with Crippen LogP contribution in [0.3, 0.4) is 0 Å². The van der Waals surface area contributed by atoms with Crippen molar-refractivity contribution in [2.24, 2.45) is 0 Å². The van der Waals surface area contributed by atoms with Crippen LogP contribution in [0.4, 0.5) is 5.69 Å². The first-order valence-corrected chi connectivity index (χ1v) is 7.25. The van der Waals surface area contributed by atoms with Crippen LogP contribution in [-0.4, -0.2) is 9.66 Å². The average Bonchev–Trinajstić information content (AvgIpc) is 3.00. The normalized spacial score (nSPS) is 10.7. The number of aromatic nitrogens is 2. The molecule has 0 aliphatic rings. The molecule has 0 radical (unpaired) electrons. The van der Waals surface area contributed by atoms with Gasteiger partial charge in [-0.15, -0.1) is 0 Å². The maximum atomic E-state index is 4.38. The van der Waals surface area contributed by atoms with Gasteiger partial charge in [-0.3, -0.25) is 5.43 Å². The Balaban J connectivity index is 1.61. The fraction of sp³-hybridized carbons (Fsp3) is 0. The fourth-order valence-corrected chi connectivity index (χ4v) is 2.56. The molecular formula is C19H15N3. The van der Waals surface area contributed by atoms with Gasteiger partial charge in [0.2, 0.25) is 0 Å². The van der Waals surface area contributed by atoms with Crippen LogP contribution in [-0.2, 0) is 0 Å². The maximum absolute atomic E-state index is 4.38. The fourth-order valence-electron chi connectivity index (χ4n) is 2.56. The van der Waals surface area contributed by atoms with E-state index in [1.807, 2.05) is 35.0 Å². The largest absolute Gasteiger partial charge is 0.293 e. The molecule has 0 atom stereocenters. The molecule has 0 unspecified atom stereocenters. The van der Waals surface area contributed by atoms with Gasteiger partial charge in [-0.25, -0.2) is 9.66 Å². The van der Waals surface area contributed by atoms with Crippen molar-refractivity contribution in [3.8, 4) is 11.1 Å².